The van der Waals surface area contributed by atoms with E-state index in [0.717, 1.165) is 37.2 Å². The van der Waals surface area contributed by atoms with E-state index >= 15 is 0 Å². The van der Waals surface area contributed by atoms with E-state index in [0.29, 0.717) is 6.42 Å². The number of hydrogen-bond donors (Lipinski definition) is 2. The number of para-hydroxylation sites is 1. The molecule has 0 aliphatic heterocycles. The predicted molar refractivity (Wildman–Crippen MR) is 114 cm³/mol. The van der Waals surface area contributed by atoms with Gasteiger partial charge in [0.05, 0.1) is 0 Å². The van der Waals surface area contributed by atoms with Crippen LogP contribution < -0.4 is 10.6 Å². The Morgan fingerprint density at radius 2 is 1.81 bits per heavy atom. The second-order valence-electron chi connectivity index (χ2n) is 6.10. The highest BCUT2D eigenvalue weighted by molar-refractivity contribution is 7.17. The number of aryl methyl sites for hydroxylation is 1. The standard InChI is InChI=1S/C21H24N2OS.ClH/c1-2-22-14-16-8-3-5-11-19(16)23-21(24)13-7-9-17-15-25-20-12-6-4-10-18(17)20;/h3-6,8,10-12,15,22H,2,7,9,13-14H2,1H3,(H,23,24);1H. The third kappa shape index (κ3) is 5.31. The van der Waals surface area contributed by atoms with E-state index in [2.05, 4.69) is 53.3 Å². The molecule has 0 saturated heterocycles. The van der Waals surface area contributed by atoms with Gasteiger partial charge < -0.3 is 10.6 Å². The van der Waals surface area contributed by atoms with E-state index in [1.807, 2.05) is 18.2 Å². The summed E-state index contributed by atoms with van der Waals surface area (Å²) in [7, 11) is 0. The average molecular weight is 389 g/mol. The van der Waals surface area contributed by atoms with Crippen LogP contribution >= 0.6 is 23.7 Å². The number of carbonyl (C=O) groups excluding carboxylic acids is 1. The molecule has 26 heavy (non-hydrogen) atoms. The molecule has 0 spiro atoms. The molecule has 0 fully saturated rings. The highest BCUT2D eigenvalue weighted by atomic mass is 35.5. The summed E-state index contributed by atoms with van der Waals surface area (Å²) in [6.07, 6.45) is 2.35. The number of amides is 1. The first-order valence-electron chi connectivity index (χ1n) is 8.81. The average Bonchev–Trinajstić information content (AvgIpc) is 3.04. The number of fused-ring (bicyclic) bond motifs is 1. The van der Waals surface area contributed by atoms with Crippen molar-refractivity contribution in [1.82, 2.24) is 5.32 Å². The Kier molecular flexibility index (Phi) is 8.10. The molecule has 2 N–H and O–H groups in total. The van der Waals surface area contributed by atoms with Crippen LogP contribution in [0.2, 0.25) is 0 Å². The molecule has 1 aromatic heterocycles. The van der Waals surface area contributed by atoms with Crippen molar-refractivity contribution in [3.8, 4) is 0 Å². The molecule has 3 nitrogen and oxygen atoms in total. The molecule has 0 unspecified atom stereocenters. The van der Waals surface area contributed by atoms with Gasteiger partial charge in [-0.15, -0.1) is 23.7 Å². The molecule has 1 heterocycles. The zero-order valence-electron chi connectivity index (χ0n) is 15.0. The first kappa shape index (κ1) is 20.4. The van der Waals surface area contributed by atoms with Crippen LogP contribution in [0.15, 0.2) is 53.9 Å². The van der Waals surface area contributed by atoms with Crippen molar-refractivity contribution in [2.45, 2.75) is 32.7 Å². The summed E-state index contributed by atoms with van der Waals surface area (Å²) < 4.78 is 1.32. The number of anilines is 1. The van der Waals surface area contributed by atoms with Crippen LogP contribution in [0.3, 0.4) is 0 Å². The quantitative estimate of drug-likeness (QED) is 0.542. The summed E-state index contributed by atoms with van der Waals surface area (Å²) in [5.41, 5.74) is 3.39. The maximum absolute atomic E-state index is 12.3. The molecule has 0 saturated carbocycles. The first-order chi connectivity index (χ1) is 12.3. The lowest BCUT2D eigenvalue weighted by Crippen LogP contribution is -2.16. The van der Waals surface area contributed by atoms with Crippen molar-refractivity contribution in [3.05, 3.63) is 65.0 Å². The highest BCUT2D eigenvalue weighted by Gasteiger charge is 2.08. The number of thiophene rings is 1. The van der Waals surface area contributed by atoms with Gasteiger partial charge in [-0.1, -0.05) is 43.3 Å². The molecule has 0 aliphatic rings. The van der Waals surface area contributed by atoms with Crippen LogP contribution in [-0.2, 0) is 17.8 Å². The molecule has 2 aromatic carbocycles. The molecule has 3 rings (SSSR count). The van der Waals surface area contributed by atoms with Gasteiger partial charge in [0.15, 0.2) is 0 Å². The maximum Gasteiger partial charge on any atom is 0.224 e. The third-order valence-corrected chi connectivity index (χ3v) is 5.28. The van der Waals surface area contributed by atoms with Crippen LogP contribution in [0.25, 0.3) is 10.1 Å². The Morgan fingerprint density at radius 1 is 1.04 bits per heavy atom. The Morgan fingerprint density at radius 3 is 2.65 bits per heavy atom. The Balaban J connectivity index is 0.00000243. The Labute approximate surface area is 165 Å². The van der Waals surface area contributed by atoms with Crippen LogP contribution in [0, 0.1) is 0 Å². The van der Waals surface area contributed by atoms with E-state index in [-0.39, 0.29) is 18.3 Å². The van der Waals surface area contributed by atoms with Gasteiger partial charge in [0.25, 0.3) is 0 Å². The molecule has 0 bridgehead atoms. The van der Waals surface area contributed by atoms with Crippen LogP contribution in [0.1, 0.15) is 30.9 Å². The molecular formula is C21H25ClN2OS. The zero-order chi connectivity index (χ0) is 17.5. The predicted octanol–water partition coefficient (Wildman–Crippen LogP) is 5.39. The number of hydrogen-bond acceptors (Lipinski definition) is 3. The molecule has 138 valence electrons. The second-order valence-corrected chi connectivity index (χ2v) is 7.01. The van der Waals surface area contributed by atoms with Crippen LogP contribution in [-0.4, -0.2) is 12.5 Å². The Bertz CT molecular complexity index is 847. The van der Waals surface area contributed by atoms with Crippen molar-refractivity contribution in [3.63, 3.8) is 0 Å². The number of nitrogens with one attached hydrogen (secondary N) is 2. The summed E-state index contributed by atoms with van der Waals surface area (Å²) in [6, 6.07) is 16.4. The molecule has 0 radical (unpaired) electrons. The fourth-order valence-corrected chi connectivity index (χ4v) is 3.93. The third-order valence-electron chi connectivity index (χ3n) is 4.27. The lowest BCUT2D eigenvalue weighted by atomic mass is 10.1. The normalized spacial score (nSPS) is 10.5. The minimum atomic E-state index is 0. The summed E-state index contributed by atoms with van der Waals surface area (Å²) in [6.45, 7) is 3.76. The minimum Gasteiger partial charge on any atom is -0.326 e. The maximum atomic E-state index is 12.3. The number of carbonyl (C=O) groups is 1. The van der Waals surface area contributed by atoms with Gasteiger partial charge in [-0.3, -0.25) is 4.79 Å². The van der Waals surface area contributed by atoms with E-state index in [1.165, 1.54) is 15.6 Å². The molecule has 0 aliphatic carbocycles. The summed E-state index contributed by atoms with van der Waals surface area (Å²) in [5, 5.41) is 9.91. The smallest absolute Gasteiger partial charge is 0.224 e. The van der Waals surface area contributed by atoms with Gasteiger partial charge in [0.1, 0.15) is 0 Å². The lowest BCUT2D eigenvalue weighted by molar-refractivity contribution is -0.116. The van der Waals surface area contributed by atoms with Crippen molar-refractivity contribution in [2.75, 3.05) is 11.9 Å². The van der Waals surface area contributed by atoms with E-state index in [9.17, 15) is 4.79 Å². The van der Waals surface area contributed by atoms with Crippen LogP contribution in [0.5, 0.6) is 0 Å². The van der Waals surface area contributed by atoms with Crippen molar-refractivity contribution in [2.24, 2.45) is 0 Å². The van der Waals surface area contributed by atoms with E-state index in [4.69, 9.17) is 0 Å². The fraction of sp³-hybridized carbons (Fsp3) is 0.286. The van der Waals surface area contributed by atoms with Gasteiger partial charge in [0, 0.05) is 23.4 Å². The highest BCUT2D eigenvalue weighted by Crippen LogP contribution is 2.26. The van der Waals surface area contributed by atoms with Gasteiger partial charge in [0.2, 0.25) is 5.91 Å². The summed E-state index contributed by atoms with van der Waals surface area (Å²) in [4.78, 5) is 12.3. The number of halogens is 1. The first-order valence-corrected chi connectivity index (χ1v) is 9.69. The van der Waals surface area contributed by atoms with Crippen LogP contribution in [0.4, 0.5) is 5.69 Å². The fourth-order valence-electron chi connectivity index (χ4n) is 2.93. The van der Waals surface area contributed by atoms with Gasteiger partial charge in [-0.2, -0.15) is 0 Å². The second kappa shape index (κ2) is 10.3. The number of benzene rings is 2. The largest absolute Gasteiger partial charge is 0.326 e. The summed E-state index contributed by atoms with van der Waals surface area (Å²) >= 11 is 1.78. The SMILES string of the molecule is CCNCc1ccccc1NC(=O)CCCc1csc2ccccc12.Cl. The number of rotatable bonds is 8. The Hall–Kier alpha value is -1.88. The zero-order valence-corrected chi connectivity index (χ0v) is 16.6. The molecular weight excluding hydrogens is 364 g/mol. The molecule has 5 heteroatoms. The lowest BCUT2D eigenvalue weighted by Gasteiger charge is -2.11. The topological polar surface area (TPSA) is 41.1 Å². The molecule has 0 atom stereocenters. The monoisotopic (exact) mass is 388 g/mol. The molecule has 1 amide bonds. The van der Waals surface area contributed by atoms with Crippen molar-refractivity contribution in [1.29, 1.82) is 0 Å². The van der Waals surface area contributed by atoms with Gasteiger partial charge in [-0.25, -0.2) is 0 Å². The molecule has 3 aromatic rings. The van der Waals surface area contributed by atoms with Gasteiger partial charge >= 0.3 is 0 Å². The van der Waals surface area contributed by atoms with Crippen molar-refractivity contribution < 1.29 is 4.79 Å². The van der Waals surface area contributed by atoms with E-state index in [1.54, 1.807) is 11.3 Å². The minimum absolute atomic E-state index is 0. The van der Waals surface area contributed by atoms with Crippen molar-refractivity contribution >= 4 is 45.4 Å². The summed E-state index contributed by atoms with van der Waals surface area (Å²) in [5.74, 6) is 0.0866. The van der Waals surface area contributed by atoms with Gasteiger partial charge in [-0.05, 0) is 53.4 Å². The van der Waals surface area contributed by atoms with E-state index < -0.39 is 0 Å².